The normalized spacial score (nSPS) is 11.6. The Morgan fingerprint density at radius 3 is 2.67 bits per heavy atom. The van der Waals surface area contributed by atoms with E-state index >= 15 is 0 Å². The Hall–Kier alpha value is -2.87. The zero-order chi connectivity index (χ0) is 21.1. The molecule has 0 aliphatic carbocycles. The van der Waals surface area contributed by atoms with Crippen LogP contribution in [-0.4, -0.2) is 31.5 Å². The summed E-state index contributed by atoms with van der Waals surface area (Å²) in [5, 5.41) is 9.95. The van der Waals surface area contributed by atoms with Crippen molar-refractivity contribution in [3.63, 3.8) is 0 Å². The predicted octanol–water partition coefficient (Wildman–Crippen LogP) is 4.40. The molecule has 4 aromatic rings. The molecular weight excluding hydrogens is 403 g/mol. The lowest BCUT2D eigenvalue weighted by atomic mass is 10.1. The molecule has 0 saturated heterocycles. The smallest absolute Gasteiger partial charge is 0.262 e. The highest BCUT2D eigenvalue weighted by Gasteiger charge is 2.17. The fourth-order valence-corrected chi connectivity index (χ4v) is 4.02. The highest BCUT2D eigenvalue weighted by Crippen LogP contribution is 2.22. The van der Waals surface area contributed by atoms with Gasteiger partial charge in [-0.15, -0.1) is 10.2 Å². The van der Waals surface area contributed by atoms with E-state index in [0.717, 1.165) is 11.9 Å². The summed E-state index contributed by atoms with van der Waals surface area (Å²) in [6.07, 6.45) is 0.875. The Morgan fingerprint density at radius 1 is 1.10 bits per heavy atom. The first kappa shape index (κ1) is 20.4. The summed E-state index contributed by atoms with van der Waals surface area (Å²) in [6.45, 7) is 5.17. The van der Waals surface area contributed by atoms with E-state index in [1.165, 1.54) is 17.8 Å². The van der Waals surface area contributed by atoms with Crippen LogP contribution in [0.4, 0.5) is 4.39 Å². The Bertz CT molecular complexity index is 1230. The van der Waals surface area contributed by atoms with E-state index in [4.69, 9.17) is 4.74 Å². The molecule has 0 radical (unpaired) electrons. The third kappa shape index (κ3) is 4.05. The summed E-state index contributed by atoms with van der Waals surface area (Å²) >= 11 is 1.46. The number of thioether (sulfide) groups is 1. The molecule has 30 heavy (non-hydrogen) atoms. The van der Waals surface area contributed by atoms with E-state index in [-0.39, 0.29) is 17.1 Å². The van der Waals surface area contributed by atoms with Gasteiger partial charge in [-0.1, -0.05) is 49.9 Å². The molecule has 0 aliphatic heterocycles. The topological polar surface area (TPSA) is 61.4 Å². The number of aromatic nitrogens is 4. The zero-order valence-electron chi connectivity index (χ0n) is 16.9. The van der Waals surface area contributed by atoms with E-state index in [1.807, 2.05) is 28.7 Å². The number of aryl methyl sites for hydroxylation is 1. The van der Waals surface area contributed by atoms with E-state index < -0.39 is 0 Å². The van der Waals surface area contributed by atoms with Gasteiger partial charge in [0.05, 0.1) is 17.5 Å². The number of fused-ring (bicyclic) bond motifs is 3. The quantitative estimate of drug-likeness (QED) is 0.309. The second kappa shape index (κ2) is 8.87. The molecule has 6 nitrogen and oxygen atoms in total. The fourth-order valence-electron chi connectivity index (χ4n) is 3.26. The molecule has 156 valence electrons. The minimum atomic E-state index is -0.379. The van der Waals surface area contributed by atoms with Crippen molar-refractivity contribution >= 4 is 28.4 Å². The summed E-state index contributed by atoms with van der Waals surface area (Å²) in [5.74, 6) is 1.43. The van der Waals surface area contributed by atoms with E-state index in [0.29, 0.717) is 41.1 Å². The monoisotopic (exact) mass is 426 g/mol. The van der Waals surface area contributed by atoms with Gasteiger partial charge in [-0.25, -0.2) is 4.39 Å². The second-order valence-electron chi connectivity index (χ2n) is 7.40. The van der Waals surface area contributed by atoms with Crippen LogP contribution in [0.25, 0.3) is 16.7 Å². The van der Waals surface area contributed by atoms with Gasteiger partial charge in [-0.3, -0.25) is 13.8 Å². The van der Waals surface area contributed by atoms with Crippen molar-refractivity contribution in [3.8, 4) is 5.75 Å². The van der Waals surface area contributed by atoms with Crippen molar-refractivity contribution in [2.75, 3.05) is 12.4 Å². The number of hydrogen-bond acceptors (Lipinski definition) is 5. The van der Waals surface area contributed by atoms with Gasteiger partial charge in [0.2, 0.25) is 5.78 Å². The molecular formula is C22H23FN4O2S. The maximum absolute atomic E-state index is 13.7. The van der Waals surface area contributed by atoms with Crippen LogP contribution in [0, 0.1) is 11.7 Å². The Morgan fingerprint density at radius 2 is 1.87 bits per heavy atom. The molecule has 0 spiro atoms. The number of rotatable bonds is 8. The van der Waals surface area contributed by atoms with Crippen LogP contribution in [-0.2, 0) is 6.54 Å². The van der Waals surface area contributed by atoms with Crippen molar-refractivity contribution < 1.29 is 9.13 Å². The average Bonchev–Trinajstić information content (AvgIpc) is 3.16. The summed E-state index contributed by atoms with van der Waals surface area (Å²) in [6, 6.07) is 13.8. The van der Waals surface area contributed by atoms with Crippen LogP contribution in [0.15, 0.2) is 58.5 Å². The summed E-state index contributed by atoms with van der Waals surface area (Å²) < 4.78 is 22.9. The molecule has 0 atom stereocenters. The third-order valence-electron chi connectivity index (χ3n) is 4.82. The zero-order valence-corrected chi connectivity index (χ0v) is 17.7. The van der Waals surface area contributed by atoms with E-state index in [2.05, 4.69) is 24.0 Å². The second-order valence-corrected chi connectivity index (χ2v) is 8.46. The van der Waals surface area contributed by atoms with Crippen molar-refractivity contribution in [2.24, 2.45) is 5.92 Å². The van der Waals surface area contributed by atoms with Crippen LogP contribution in [0.1, 0.15) is 20.3 Å². The van der Waals surface area contributed by atoms with Crippen LogP contribution in [0.3, 0.4) is 0 Å². The number of ether oxygens (including phenoxy) is 1. The molecule has 0 bridgehead atoms. The van der Waals surface area contributed by atoms with Crippen molar-refractivity contribution in [1.29, 1.82) is 0 Å². The number of hydrogen-bond donors (Lipinski definition) is 0. The Kier molecular flexibility index (Phi) is 6.03. The number of benzene rings is 2. The SMILES string of the molecule is CC(C)CCn1c(=O)c2ccccc2n2c(SCCOc3ccccc3F)nnc12. The molecule has 2 aromatic heterocycles. The molecule has 2 aromatic carbocycles. The van der Waals surface area contributed by atoms with Gasteiger partial charge >= 0.3 is 0 Å². The third-order valence-corrected chi connectivity index (χ3v) is 5.71. The molecule has 0 aliphatic rings. The molecule has 8 heteroatoms. The lowest BCUT2D eigenvalue weighted by molar-refractivity contribution is 0.325. The van der Waals surface area contributed by atoms with Crippen LogP contribution in [0.2, 0.25) is 0 Å². The lowest BCUT2D eigenvalue weighted by Gasteiger charge is -2.12. The van der Waals surface area contributed by atoms with Crippen LogP contribution >= 0.6 is 11.8 Å². The van der Waals surface area contributed by atoms with E-state index in [1.54, 1.807) is 22.8 Å². The van der Waals surface area contributed by atoms with Crippen molar-refractivity contribution in [3.05, 3.63) is 64.7 Å². The minimum Gasteiger partial charge on any atom is -0.490 e. The summed E-state index contributed by atoms with van der Waals surface area (Å²) in [7, 11) is 0. The highest BCUT2D eigenvalue weighted by atomic mass is 32.2. The molecule has 0 saturated carbocycles. The fraction of sp³-hybridized carbons (Fsp3) is 0.318. The number of halogens is 1. The molecule has 0 fully saturated rings. The largest absolute Gasteiger partial charge is 0.490 e. The maximum Gasteiger partial charge on any atom is 0.262 e. The predicted molar refractivity (Wildman–Crippen MR) is 117 cm³/mol. The molecule has 0 N–H and O–H groups in total. The molecule has 4 rings (SSSR count). The van der Waals surface area contributed by atoms with Gasteiger partial charge in [-0.05, 0) is 36.6 Å². The number of nitrogens with zero attached hydrogens (tertiary/aromatic N) is 4. The first-order valence-corrected chi connectivity index (χ1v) is 10.9. The van der Waals surface area contributed by atoms with Gasteiger partial charge in [0.15, 0.2) is 16.7 Å². The molecule has 2 heterocycles. The Balaban J connectivity index is 1.63. The lowest BCUT2D eigenvalue weighted by Crippen LogP contribution is -2.24. The summed E-state index contributed by atoms with van der Waals surface area (Å²) in [5.41, 5.74) is 0.728. The standard InChI is InChI=1S/C22H23FN4O2S/c1-15(2)11-12-26-20(28)16-7-3-5-9-18(16)27-21(26)24-25-22(27)30-14-13-29-19-10-6-4-8-17(19)23/h3-10,15H,11-14H2,1-2H3. The van der Waals surface area contributed by atoms with Crippen LogP contribution in [0.5, 0.6) is 5.75 Å². The van der Waals surface area contributed by atoms with Gasteiger partial charge in [0.25, 0.3) is 5.56 Å². The first-order chi connectivity index (χ1) is 14.6. The maximum atomic E-state index is 13.7. The average molecular weight is 427 g/mol. The van der Waals surface area contributed by atoms with Gasteiger partial charge < -0.3 is 4.74 Å². The highest BCUT2D eigenvalue weighted by molar-refractivity contribution is 7.99. The Labute approximate surface area is 177 Å². The first-order valence-electron chi connectivity index (χ1n) is 9.93. The van der Waals surface area contributed by atoms with Crippen molar-refractivity contribution in [2.45, 2.75) is 32.0 Å². The molecule has 0 unspecified atom stereocenters. The van der Waals surface area contributed by atoms with Crippen molar-refractivity contribution in [1.82, 2.24) is 19.2 Å². The van der Waals surface area contributed by atoms with Gasteiger partial charge in [0.1, 0.15) is 0 Å². The number of para-hydroxylation sites is 2. The minimum absolute atomic E-state index is 0.0504. The van der Waals surface area contributed by atoms with Gasteiger partial charge in [0, 0.05) is 12.3 Å². The van der Waals surface area contributed by atoms with Gasteiger partial charge in [-0.2, -0.15) is 0 Å². The van der Waals surface area contributed by atoms with E-state index in [9.17, 15) is 9.18 Å². The summed E-state index contributed by atoms with van der Waals surface area (Å²) in [4.78, 5) is 13.0. The van der Waals surface area contributed by atoms with Crippen LogP contribution < -0.4 is 10.3 Å². The molecule has 0 amide bonds.